The molecule has 0 aliphatic rings. The van der Waals surface area contributed by atoms with Gasteiger partial charge in [0.25, 0.3) is 6.33 Å². The monoisotopic (exact) mass is 1060 g/mol. The molecule has 334 valence electrons. The first-order valence-electron chi connectivity index (χ1n) is 22.8. The molecule has 6 heteroatoms. The number of fused-ring (bicyclic) bond motifs is 3. The van der Waals surface area contributed by atoms with E-state index in [1.165, 1.54) is 22.3 Å². The van der Waals surface area contributed by atoms with Crippen LogP contribution in [0.4, 0.5) is 0 Å². The number of aromatic nitrogens is 4. The second-order valence-corrected chi connectivity index (χ2v) is 18.1. The quantitative estimate of drug-likeness (QED) is 0.0956. The summed E-state index contributed by atoms with van der Waals surface area (Å²) in [6.07, 6.45) is 7.78. The second-order valence-electron chi connectivity index (χ2n) is 18.1. The molecule has 0 atom stereocenters. The average molecular weight is 1060 g/mol. The van der Waals surface area contributed by atoms with Crippen molar-refractivity contribution in [1.29, 1.82) is 0 Å². The van der Waals surface area contributed by atoms with Gasteiger partial charge in [0.05, 0.1) is 11.4 Å². The van der Waals surface area contributed by atoms with Gasteiger partial charge in [0, 0.05) is 61.3 Å². The maximum absolute atomic E-state index is 6.89. The Hall–Kier alpha value is -7.59. The molecule has 0 radical (unpaired) electrons. The standard InChI is InChI=1S/C62H48N4O.Pt/c1-61(2,47-24-13-7-14-25-47)49-28-19-29-51(38-49)64-42-59(45-22-11-6-12-23-45)65(43-64)52-36-46(44-20-9-5-10-21-44)37-54(40-52)67-53-32-33-56-55-30-17-18-31-57(55)66(58(56)41-53)60-39-50(34-35-63-60)62(3,4)48-26-15-8-16-27-48;/h5-39,42H,1-4H3;/q-2;. The van der Waals surface area contributed by atoms with Gasteiger partial charge in [-0.25, -0.2) is 4.98 Å². The summed E-state index contributed by atoms with van der Waals surface area (Å²) in [5, 5.41) is 2.18. The number of para-hydroxylation sites is 1. The van der Waals surface area contributed by atoms with Gasteiger partial charge in [-0.05, 0) is 74.8 Å². The first kappa shape index (κ1) is 44.3. The molecule has 0 saturated carbocycles. The number of pyridine rings is 1. The van der Waals surface area contributed by atoms with Gasteiger partial charge in [-0.2, -0.15) is 12.1 Å². The van der Waals surface area contributed by atoms with Gasteiger partial charge in [-0.1, -0.05) is 185 Å². The molecule has 11 aromatic rings. The zero-order valence-electron chi connectivity index (χ0n) is 38.3. The Morgan fingerprint density at radius 3 is 1.79 bits per heavy atom. The summed E-state index contributed by atoms with van der Waals surface area (Å²) in [6, 6.07) is 79.4. The largest absolute Gasteiger partial charge is 0.510 e. The summed E-state index contributed by atoms with van der Waals surface area (Å²) < 4.78 is 13.3. The summed E-state index contributed by atoms with van der Waals surface area (Å²) in [5.74, 6) is 1.94. The number of rotatable bonds is 11. The summed E-state index contributed by atoms with van der Waals surface area (Å²) >= 11 is 0. The predicted molar refractivity (Wildman–Crippen MR) is 270 cm³/mol. The number of ether oxygens (including phenoxy) is 1. The molecule has 0 bridgehead atoms. The van der Waals surface area contributed by atoms with E-state index in [4.69, 9.17) is 9.72 Å². The number of hydrogen-bond acceptors (Lipinski definition) is 2. The van der Waals surface area contributed by atoms with Crippen LogP contribution in [0.15, 0.2) is 219 Å². The van der Waals surface area contributed by atoms with E-state index in [9.17, 15) is 0 Å². The first-order chi connectivity index (χ1) is 32.7. The van der Waals surface area contributed by atoms with Crippen molar-refractivity contribution < 1.29 is 30.4 Å². The normalized spacial score (nSPS) is 11.7. The van der Waals surface area contributed by atoms with E-state index in [1.807, 2.05) is 24.4 Å². The molecule has 0 saturated heterocycles. The fourth-order valence-corrected chi connectivity index (χ4v) is 9.31. The summed E-state index contributed by atoms with van der Waals surface area (Å²) in [7, 11) is 0. The Morgan fingerprint density at radius 2 is 1.10 bits per heavy atom. The minimum atomic E-state index is -0.243. The van der Waals surface area contributed by atoms with Crippen LogP contribution in [0.25, 0.3) is 61.4 Å². The van der Waals surface area contributed by atoms with Crippen LogP contribution >= 0.6 is 0 Å². The molecule has 5 nitrogen and oxygen atoms in total. The SMILES string of the molecule is CC(C)(c1ccccc1)c1cccc(-[n+]2[c-]n(-c3[c-]c(Oc4[c-]c5c(cc4)c4ccccc4n5-c4cc(C(C)(C)c5ccccc5)ccn4)cc(-c4ccccc4)c3)c(-c3ccccc3)c2)c1.[Pt]. The van der Waals surface area contributed by atoms with Gasteiger partial charge in [-0.15, -0.1) is 35.2 Å². The average Bonchev–Trinajstić information content (AvgIpc) is 3.98. The third-order valence-corrected chi connectivity index (χ3v) is 13.3. The molecule has 0 amide bonds. The van der Waals surface area contributed by atoms with E-state index in [0.717, 1.165) is 61.4 Å². The van der Waals surface area contributed by atoms with Crippen LogP contribution in [0.1, 0.15) is 49.9 Å². The molecule has 0 unspecified atom stereocenters. The van der Waals surface area contributed by atoms with Crippen molar-refractivity contribution in [3.05, 3.63) is 259 Å². The van der Waals surface area contributed by atoms with Crippen LogP contribution in [0.2, 0.25) is 0 Å². The molecule has 11 rings (SSSR count). The van der Waals surface area contributed by atoms with Crippen molar-refractivity contribution in [2.75, 3.05) is 0 Å². The molecule has 3 heterocycles. The summed E-state index contributed by atoms with van der Waals surface area (Å²) in [4.78, 5) is 4.97. The summed E-state index contributed by atoms with van der Waals surface area (Å²) in [6.45, 7) is 9.08. The molecule has 68 heavy (non-hydrogen) atoms. The molecule has 0 aliphatic carbocycles. The van der Waals surface area contributed by atoms with Crippen molar-refractivity contribution in [2.24, 2.45) is 0 Å². The van der Waals surface area contributed by atoms with Gasteiger partial charge >= 0.3 is 0 Å². The first-order valence-corrected chi connectivity index (χ1v) is 22.8. The third kappa shape index (κ3) is 8.29. The minimum Gasteiger partial charge on any atom is -0.510 e. The van der Waals surface area contributed by atoms with E-state index in [-0.39, 0.29) is 31.9 Å². The van der Waals surface area contributed by atoms with Crippen molar-refractivity contribution in [1.82, 2.24) is 14.1 Å². The van der Waals surface area contributed by atoms with E-state index < -0.39 is 0 Å². The number of imidazole rings is 1. The van der Waals surface area contributed by atoms with Crippen molar-refractivity contribution in [2.45, 2.75) is 38.5 Å². The predicted octanol–water partition coefficient (Wildman–Crippen LogP) is 14.4. The minimum absolute atomic E-state index is 0. The van der Waals surface area contributed by atoms with Gasteiger partial charge in [-0.3, -0.25) is 4.57 Å². The fraction of sp³-hybridized carbons (Fsp3) is 0.0968. The van der Waals surface area contributed by atoms with E-state index >= 15 is 0 Å². The Labute approximate surface area is 412 Å². The molecule has 0 fully saturated rings. The molecular weight excluding hydrogens is 1010 g/mol. The Bertz CT molecular complexity index is 3540. The molecule has 0 spiro atoms. The number of nitrogens with zero attached hydrogens (tertiary/aromatic N) is 4. The molecule has 0 aliphatic heterocycles. The summed E-state index contributed by atoms with van der Waals surface area (Å²) in [5.41, 5.74) is 12.2. The Balaban J connectivity index is 0.00000539. The van der Waals surface area contributed by atoms with Gasteiger partial charge in [0.2, 0.25) is 0 Å². The van der Waals surface area contributed by atoms with Crippen molar-refractivity contribution in [3.8, 4) is 51.1 Å². The molecular formula is C62H48N4OPt-2. The van der Waals surface area contributed by atoms with Crippen LogP contribution in [-0.4, -0.2) is 14.1 Å². The van der Waals surface area contributed by atoms with Crippen molar-refractivity contribution in [3.63, 3.8) is 0 Å². The zero-order chi connectivity index (χ0) is 45.5. The Morgan fingerprint density at radius 1 is 0.500 bits per heavy atom. The third-order valence-electron chi connectivity index (χ3n) is 13.3. The molecule has 0 N–H and O–H groups in total. The Kier molecular flexibility index (Phi) is 11.9. The van der Waals surface area contributed by atoms with Crippen LogP contribution < -0.4 is 9.30 Å². The van der Waals surface area contributed by atoms with Crippen molar-refractivity contribution >= 4 is 21.8 Å². The maximum Gasteiger partial charge on any atom is 0.267 e. The fourth-order valence-electron chi connectivity index (χ4n) is 9.31. The molecule has 8 aromatic carbocycles. The second kappa shape index (κ2) is 18.2. The van der Waals surface area contributed by atoms with Crippen LogP contribution in [0.5, 0.6) is 11.5 Å². The van der Waals surface area contributed by atoms with Gasteiger partial charge in [0.15, 0.2) is 0 Å². The topological polar surface area (TPSA) is 35.9 Å². The number of hydrogen-bond donors (Lipinski definition) is 0. The van der Waals surface area contributed by atoms with E-state index in [2.05, 4.69) is 254 Å². The van der Waals surface area contributed by atoms with E-state index in [1.54, 1.807) is 0 Å². The van der Waals surface area contributed by atoms with Crippen LogP contribution in [0.3, 0.4) is 0 Å². The van der Waals surface area contributed by atoms with E-state index in [0.29, 0.717) is 11.5 Å². The van der Waals surface area contributed by atoms with Crippen LogP contribution in [0, 0.1) is 18.5 Å². The van der Waals surface area contributed by atoms with Gasteiger partial charge < -0.3 is 13.9 Å². The van der Waals surface area contributed by atoms with Crippen LogP contribution in [-0.2, 0) is 31.9 Å². The zero-order valence-corrected chi connectivity index (χ0v) is 40.6. The van der Waals surface area contributed by atoms with Gasteiger partial charge in [0.1, 0.15) is 5.82 Å². The smallest absolute Gasteiger partial charge is 0.267 e. The maximum atomic E-state index is 6.89. The molecule has 3 aromatic heterocycles. The number of benzene rings is 8.